The first-order valence-electron chi connectivity index (χ1n) is 9.42. The highest BCUT2D eigenvalue weighted by atomic mass is 16.6. The smallest absolute Gasteiger partial charge is 0.355 e. The number of nitro groups is 1. The van der Waals surface area contributed by atoms with E-state index in [1.807, 2.05) is 0 Å². The minimum absolute atomic E-state index is 0.0563. The second kappa shape index (κ2) is 7.38. The molecule has 3 heterocycles. The molecule has 0 spiro atoms. The largest absolute Gasteiger partial charge is 0.456 e. The Morgan fingerprint density at radius 3 is 2.63 bits per heavy atom. The number of aryl methyl sites for hydroxylation is 1. The summed E-state index contributed by atoms with van der Waals surface area (Å²) in [7, 11) is 1.75. The molecule has 1 fully saturated rings. The molecule has 1 amide bonds. The maximum Gasteiger partial charge on any atom is 0.355 e. The van der Waals surface area contributed by atoms with E-state index in [9.17, 15) is 24.8 Å². The average Bonchev–Trinajstić information content (AvgIpc) is 3.27. The Kier molecular flexibility index (Phi) is 4.86. The second-order valence-electron chi connectivity index (χ2n) is 7.45. The van der Waals surface area contributed by atoms with Gasteiger partial charge in [0.2, 0.25) is 5.91 Å². The molecule has 1 N–H and O–H groups in total. The number of non-ortho nitro benzene ring substituents is 1. The van der Waals surface area contributed by atoms with Crippen LogP contribution in [0.4, 0.5) is 5.69 Å². The molecule has 1 aromatic heterocycles. The number of hydrogen-bond acceptors (Lipinski definition) is 7. The molecular formula is C20H20N4O6. The predicted molar refractivity (Wildman–Crippen MR) is 103 cm³/mol. The van der Waals surface area contributed by atoms with Crippen molar-refractivity contribution in [2.24, 2.45) is 13.0 Å². The number of benzene rings is 1. The zero-order valence-electron chi connectivity index (χ0n) is 16.4. The van der Waals surface area contributed by atoms with Crippen molar-refractivity contribution < 1.29 is 24.4 Å². The lowest BCUT2D eigenvalue weighted by molar-refractivity contribution is -0.384. The Labute approximate surface area is 171 Å². The van der Waals surface area contributed by atoms with Crippen LogP contribution in [0.25, 0.3) is 5.57 Å². The molecule has 2 aromatic rings. The molecule has 2 aliphatic heterocycles. The molecule has 0 bridgehead atoms. The molecule has 1 aromatic carbocycles. The van der Waals surface area contributed by atoms with Gasteiger partial charge in [-0.25, -0.2) is 4.79 Å². The number of aliphatic hydroxyl groups is 1. The third-order valence-electron chi connectivity index (χ3n) is 5.46. The molecule has 3 atom stereocenters. The van der Waals surface area contributed by atoms with Crippen LogP contribution in [0.2, 0.25) is 0 Å². The number of rotatable bonds is 6. The molecule has 4 rings (SSSR count). The van der Waals surface area contributed by atoms with Gasteiger partial charge in [-0.2, -0.15) is 5.10 Å². The van der Waals surface area contributed by atoms with Gasteiger partial charge in [-0.05, 0) is 37.1 Å². The number of fused-ring (bicyclic) bond motifs is 1. The topological polar surface area (TPSA) is 128 Å². The second-order valence-corrected chi connectivity index (χ2v) is 7.45. The number of aliphatic hydroxyl groups excluding tert-OH is 1. The van der Waals surface area contributed by atoms with Gasteiger partial charge in [-0.15, -0.1) is 0 Å². The number of amides is 1. The highest BCUT2D eigenvalue weighted by molar-refractivity contribution is 6.06. The number of ether oxygens (including phenoxy) is 1. The zero-order valence-corrected chi connectivity index (χ0v) is 16.4. The van der Waals surface area contributed by atoms with Gasteiger partial charge in [-0.3, -0.25) is 19.6 Å². The van der Waals surface area contributed by atoms with Crippen LogP contribution in [-0.2, 0) is 28.0 Å². The molecule has 1 saturated heterocycles. The first kappa shape index (κ1) is 19.8. The standard InChI is InChI=1S/C20H20N4O6/c1-11(25)17-16-9-14(15-7-8-22(2)21-15)18(23(16)19(17)26)20(27)30-10-12-3-5-13(6-4-12)24(28)29/h3-8,11,16-17,25H,9-10H2,1-2H3/t11-,16-,17-/m1/s1. The quantitative estimate of drug-likeness (QED) is 0.329. The van der Waals surface area contributed by atoms with E-state index in [0.717, 1.165) is 0 Å². The Hall–Kier alpha value is -3.53. The molecular weight excluding hydrogens is 392 g/mol. The molecule has 0 radical (unpaired) electrons. The van der Waals surface area contributed by atoms with Crippen molar-refractivity contribution in [3.8, 4) is 0 Å². The molecule has 0 aliphatic carbocycles. The lowest BCUT2D eigenvalue weighted by Crippen LogP contribution is -2.61. The molecule has 30 heavy (non-hydrogen) atoms. The van der Waals surface area contributed by atoms with Crippen LogP contribution in [-0.4, -0.2) is 48.7 Å². The summed E-state index contributed by atoms with van der Waals surface area (Å²) in [4.78, 5) is 37.1. The van der Waals surface area contributed by atoms with Gasteiger partial charge in [-0.1, -0.05) is 0 Å². The van der Waals surface area contributed by atoms with Crippen molar-refractivity contribution in [2.45, 2.75) is 32.1 Å². The van der Waals surface area contributed by atoms with Crippen LogP contribution >= 0.6 is 0 Å². The summed E-state index contributed by atoms with van der Waals surface area (Å²) < 4.78 is 7.01. The molecule has 10 heteroatoms. The fourth-order valence-electron chi connectivity index (χ4n) is 3.99. The Bertz CT molecular complexity index is 1060. The number of carbonyl (C=O) groups excluding carboxylic acids is 2. The van der Waals surface area contributed by atoms with Crippen molar-refractivity contribution in [1.29, 1.82) is 0 Å². The van der Waals surface area contributed by atoms with Gasteiger partial charge in [0.05, 0.1) is 28.7 Å². The van der Waals surface area contributed by atoms with Crippen LogP contribution in [0.1, 0.15) is 24.6 Å². The van der Waals surface area contributed by atoms with Crippen LogP contribution < -0.4 is 0 Å². The third-order valence-corrected chi connectivity index (χ3v) is 5.46. The van der Waals surface area contributed by atoms with E-state index in [1.54, 1.807) is 30.9 Å². The molecule has 156 valence electrons. The minimum atomic E-state index is -0.820. The SMILES string of the molecule is C[C@@H](O)[C@H]1C(=O)N2C(C(=O)OCc3ccc([N+](=O)[O-])cc3)=C(c3ccn(C)n3)C[C@H]12. The van der Waals surface area contributed by atoms with E-state index in [-0.39, 0.29) is 29.9 Å². The van der Waals surface area contributed by atoms with Crippen LogP contribution in [0.3, 0.4) is 0 Å². The predicted octanol–water partition coefficient (Wildman–Crippen LogP) is 1.39. The summed E-state index contributed by atoms with van der Waals surface area (Å²) in [5.74, 6) is -1.55. The number of esters is 1. The summed E-state index contributed by atoms with van der Waals surface area (Å²) in [6, 6.07) is 7.13. The number of nitro benzene ring substituents is 1. The van der Waals surface area contributed by atoms with E-state index >= 15 is 0 Å². The first-order chi connectivity index (χ1) is 14.3. The Morgan fingerprint density at radius 1 is 1.37 bits per heavy atom. The first-order valence-corrected chi connectivity index (χ1v) is 9.42. The molecule has 0 saturated carbocycles. The molecule has 10 nitrogen and oxygen atoms in total. The Morgan fingerprint density at radius 2 is 2.07 bits per heavy atom. The van der Waals surface area contributed by atoms with Gasteiger partial charge in [0.25, 0.3) is 5.69 Å². The van der Waals surface area contributed by atoms with Crippen molar-refractivity contribution in [3.63, 3.8) is 0 Å². The minimum Gasteiger partial charge on any atom is -0.456 e. The van der Waals surface area contributed by atoms with Crippen molar-refractivity contribution >= 4 is 23.1 Å². The number of carbonyl (C=O) groups is 2. The summed E-state index contributed by atoms with van der Waals surface area (Å²) in [5.41, 5.74) is 1.85. The molecule has 2 aliphatic rings. The molecule has 0 unspecified atom stereocenters. The monoisotopic (exact) mass is 412 g/mol. The maximum absolute atomic E-state index is 12.9. The lowest BCUT2D eigenvalue weighted by atomic mass is 9.83. The van der Waals surface area contributed by atoms with Crippen LogP contribution in [0.5, 0.6) is 0 Å². The lowest BCUT2D eigenvalue weighted by Gasteiger charge is -2.44. The van der Waals surface area contributed by atoms with E-state index in [1.165, 1.54) is 29.2 Å². The van der Waals surface area contributed by atoms with Gasteiger partial charge >= 0.3 is 5.97 Å². The summed E-state index contributed by atoms with van der Waals surface area (Å²) in [6.45, 7) is 1.47. The number of nitrogens with zero attached hydrogens (tertiary/aromatic N) is 4. The fraction of sp³-hybridized carbons (Fsp3) is 0.350. The van der Waals surface area contributed by atoms with Crippen LogP contribution in [0, 0.1) is 16.0 Å². The number of β-lactam (4-membered cyclic amide) rings is 1. The summed E-state index contributed by atoms with van der Waals surface area (Å²) in [5, 5.41) is 25.0. The van der Waals surface area contributed by atoms with E-state index in [0.29, 0.717) is 23.3 Å². The zero-order chi connectivity index (χ0) is 21.6. The highest BCUT2D eigenvalue weighted by Crippen LogP contribution is 2.46. The Balaban J connectivity index is 1.57. The third kappa shape index (κ3) is 3.24. The number of hydrogen-bond donors (Lipinski definition) is 1. The normalized spacial score (nSPS) is 21.3. The highest BCUT2D eigenvalue weighted by Gasteiger charge is 2.57. The van der Waals surface area contributed by atoms with E-state index in [2.05, 4.69) is 5.10 Å². The van der Waals surface area contributed by atoms with Gasteiger partial charge in [0, 0.05) is 31.0 Å². The van der Waals surface area contributed by atoms with E-state index in [4.69, 9.17) is 4.74 Å². The van der Waals surface area contributed by atoms with Crippen molar-refractivity contribution in [3.05, 3.63) is 63.6 Å². The van der Waals surface area contributed by atoms with Gasteiger partial charge in [0.1, 0.15) is 12.3 Å². The van der Waals surface area contributed by atoms with E-state index < -0.39 is 22.9 Å². The summed E-state index contributed by atoms with van der Waals surface area (Å²) >= 11 is 0. The van der Waals surface area contributed by atoms with Crippen molar-refractivity contribution in [1.82, 2.24) is 14.7 Å². The van der Waals surface area contributed by atoms with Crippen molar-refractivity contribution in [2.75, 3.05) is 0 Å². The summed E-state index contributed by atoms with van der Waals surface area (Å²) in [6.07, 6.45) is 1.32. The van der Waals surface area contributed by atoms with Crippen LogP contribution in [0.15, 0.2) is 42.2 Å². The maximum atomic E-state index is 12.9. The fourth-order valence-corrected chi connectivity index (χ4v) is 3.99. The van der Waals surface area contributed by atoms with Gasteiger partial charge < -0.3 is 14.7 Å². The number of aromatic nitrogens is 2. The van der Waals surface area contributed by atoms with Gasteiger partial charge in [0.15, 0.2) is 0 Å². The average molecular weight is 412 g/mol.